The first-order valence-electron chi connectivity index (χ1n) is 9.94. The van der Waals surface area contributed by atoms with Crippen LogP contribution < -0.4 is 20.3 Å². The van der Waals surface area contributed by atoms with Crippen molar-refractivity contribution in [2.45, 2.75) is 19.8 Å². The molecule has 2 amide bonds. The van der Waals surface area contributed by atoms with Gasteiger partial charge in [-0.1, -0.05) is 12.1 Å². The van der Waals surface area contributed by atoms with Gasteiger partial charge in [0.05, 0.1) is 7.11 Å². The summed E-state index contributed by atoms with van der Waals surface area (Å²) in [5.74, 6) is 1.48. The molecular weight excluding hydrogens is 368 g/mol. The summed E-state index contributed by atoms with van der Waals surface area (Å²) in [6, 6.07) is 11.1. The van der Waals surface area contributed by atoms with Crippen LogP contribution in [0.5, 0.6) is 5.75 Å². The van der Waals surface area contributed by atoms with Crippen LogP contribution in [0.1, 0.15) is 28.8 Å². The minimum Gasteiger partial charge on any atom is -0.497 e. The molecule has 1 saturated heterocycles. The van der Waals surface area contributed by atoms with Crippen molar-refractivity contribution < 1.29 is 14.3 Å². The van der Waals surface area contributed by atoms with Crippen molar-refractivity contribution in [3.63, 3.8) is 0 Å². The van der Waals surface area contributed by atoms with E-state index in [2.05, 4.69) is 26.6 Å². The second-order valence-corrected chi connectivity index (χ2v) is 7.23. The average Bonchev–Trinajstić information content (AvgIpc) is 2.77. The van der Waals surface area contributed by atoms with Crippen LogP contribution in [0.15, 0.2) is 42.6 Å². The summed E-state index contributed by atoms with van der Waals surface area (Å²) in [5.41, 5.74) is 1.68. The van der Waals surface area contributed by atoms with Crippen LogP contribution in [0.2, 0.25) is 0 Å². The van der Waals surface area contributed by atoms with Crippen LogP contribution in [0.3, 0.4) is 0 Å². The molecule has 1 aromatic heterocycles. The minimum absolute atomic E-state index is 0.00536. The summed E-state index contributed by atoms with van der Waals surface area (Å²) >= 11 is 0. The standard InChI is InChI=1S/C22H28N4O3/c1-16-6-7-20(25-15-16)26-12-8-17(9-13-26)21(27)23-10-11-24-22(28)18-4-3-5-19(14-18)29-2/h3-7,14-15,17H,8-13H2,1-2H3,(H,23,27)(H,24,28). The molecule has 0 aliphatic carbocycles. The molecule has 0 radical (unpaired) electrons. The van der Waals surface area contributed by atoms with E-state index in [1.807, 2.05) is 19.2 Å². The van der Waals surface area contributed by atoms with Crippen molar-refractivity contribution in [1.29, 1.82) is 0 Å². The lowest BCUT2D eigenvalue weighted by atomic mass is 9.96. The number of aromatic nitrogens is 1. The number of nitrogens with one attached hydrogen (secondary N) is 2. The summed E-state index contributed by atoms with van der Waals surface area (Å²) in [6.45, 7) is 4.45. The first kappa shape index (κ1) is 20.6. The van der Waals surface area contributed by atoms with E-state index in [-0.39, 0.29) is 17.7 Å². The molecule has 1 aromatic carbocycles. The number of ether oxygens (including phenoxy) is 1. The zero-order chi connectivity index (χ0) is 20.6. The van der Waals surface area contributed by atoms with Crippen molar-refractivity contribution in [3.05, 3.63) is 53.7 Å². The van der Waals surface area contributed by atoms with Gasteiger partial charge in [0, 0.05) is 43.9 Å². The Hall–Kier alpha value is -3.09. The van der Waals surface area contributed by atoms with Crippen molar-refractivity contribution in [2.24, 2.45) is 5.92 Å². The van der Waals surface area contributed by atoms with E-state index < -0.39 is 0 Å². The fraction of sp³-hybridized carbons (Fsp3) is 0.409. The van der Waals surface area contributed by atoms with Gasteiger partial charge in [0.1, 0.15) is 11.6 Å². The van der Waals surface area contributed by atoms with Gasteiger partial charge >= 0.3 is 0 Å². The van der Waals surface area contributed by atoms with E-state index in [0.29, 0.717) is 24.4 Å². The van der Waals surface area contributed by atoms with Gasteiger partial charge in [0.15, 0.2) is 0 Å². The molecule has 154 valence electrons. The third kappa shape index (κ3) is 5.70. The highest BCUT2D eigenvalue weighted by Gasteiger charge is 2.25. The number of amides is 2. The fourth-order valence-corrected chi connectivity index (χ4v) is 3.39. The lowest BCUT2D eigenvalue weighted by Crippen LogP contribution is -2.42. The Morgan fingerprint density at radius 1 is 1.14 bits per heavy atom. The Morgan fingerprint density at radius 3 is 2.59 bits per heavy atom. The smallest absolute Gasteiger partial charge is 0.251 e. The average molecular weight is 396 g/mol. The first-order valence-corrected chi connectivity index (χ1v) is 9.94. The molecule has 2 heterocycles. The zero-order valence-corrected chi connectivity index (χ0v) is 17.0. The van der Waals surface area contributed by atoms with Gasteiger partial charge in [-0.25, -0.2) is 4.98 Å². The third-order valence-electron chi connectivity index (χ3n) is 5.13. The van der Waals surface area contributed by atoms with Gasteiger partial charge in [-0.3, -0.25) is 9.59 Å². The molecule has 0 saturated carbocycles. The molecule has 1 aliphatic rings. The van der Waals surface area contributed by atoms with E-state index >= 15 is 0 Å². The lowest BCUT2D eigenvalue weighted by molar-refractivity contribution is -0.125. The molecule has 0 spiro atoms. The number of benzene rings is 1. The molecule has 7 nitrogen and oxygen atoms in total. The van der Waals surface area contributed by atoms with Crippen molar-refractivity contribution >= 4 is 17.6 Å². The summed E-state index contributed by atoms with van der Waals surface area (Å²) in [7, 11) is 1.56. The number of anilines is 1. The van der Waals surface area contributed by atoms with Crippen LogP contribution >= 0.6 is 0 Å². The van der Waals surface area contributed by atoms with E-state index in [9.17, 15) is 9.59 Å². The number of hydrogen-bond donors (Lipinski definition) is 2. The number of methoxy groups -OCH3 is 1. The molecule has 0 atom stereocenters. The number of hydrogen-bond acceptors (Lipinski definition) is 5. The van der Waals surface area contributed by atoms with Gasteiger partial charge in [0.2, 0.25) is 5.91 Å². The van der Waals surface area contributed by atoms with E-state index in [1.54, 1.807) is 31.4 Å². The topological polar surface area (TPSA) is 83.6 Å². The number of piperidine rings is 1. The summed E-state index contributed by atoms with van der Waals surface area (Å²) in [5, 5.41) is 5.75. The van der Waals surface area contributed by atoms with Crippen LogP contribution in [0.4, 0.5) is 5.82 Å². The van der Waals surface area contributed by atoms with Crippen molar-refractivity contribution in [2.75, 3.05) is 38.2 Å². The maximum Gasteiger partial charge on any atom is 0.251 e. The van der Waals surface area contributed by atoms with E-state index in [4.69, 9.17) is 4.74 Å². The predicted molar refractivity (Wildman–Crippen MR) is 112 cm³/mol. The van der Waals surface area contributed by atoms with Gasteiger partial charge in [-0.15, -0.1) is 0 Å². The Labute approximate surface area is 171 Å². The van der Waals surface area contributed by atoms with Crippen LogP contribution in [-0.4, -0.2) is 50.1 Å². The van der Waals surface area contributed by atoms with Crippen LogP contribution in [0, 0.1) is 12.8 Å². The molecule has 2 N–H and O–H groups in total. The van der Waals surface area contributed by atoms with E-state index in [0.717, 1.165) is 37.3 Å². The van der Waals surface area contributed by atoms with Crippen molar-refractivity contribution in [3.8, 4) is 5.75 Å². The first-order chi connectivity index (χ1) is 14.1. The van der Waals surface area contributed by atoms with Gasteiger partial charge in [-0.05, 0) is 49.6 Å². The number of carbonyl (C=O) groups is 2. The van der Waals surface area contributed by atoms with Crippen LogP contribution in [-0.2, 0) is 4.79 Å². The van der Waals surface area contributed by atoms with Gasteiger partial charge in [-0.2, -0.15) is 0 Å². The van der Waals surface area contributed by atoms with Crippen molar-refractivity contribution in [1.82, 2.24) is 15.6 Å². The van der Waals surface area contributed by atoms with E-state index in [1.165, 1.54) is 0 Å². The maximum atomic E-state index is 12.4. The summed E-state index contributed by atoms with van der Waals surface area (Å²) in [4.78, 5) is 31.3. The Morgan fingerprint density at radius 2 is 1.90 bits per heavy atom. The molecule has 29 heavy (non-hydrogen) atoms. The Bertz CT molecular complexity index is 830. The van der Waals surface area contributed by atoms with Gasteiger partial charge < -0.3 is 20.3 Å². The third-order valence-corrected chi connectivity index (χ3v) is 5.13. The highest BCUT2D eigenvalue weighted by molar-refractivity contribution is 5.94. The molecule has 0 unspecified atom stereocenters. The maximum absolute atomic E-state index is 12.4. The number of aryl methyl sites for hydroxylation is 1. The second kappa shape index (κ2) is 9.91. The normalized spacial score (nSPS) is 14.3. The molecule has 1 aliphatic heterocycles. The monoisotopic (exact) mass is 396 g/mol. The zero-order valence-electron chi connectivity index (χ0n) is 17.0. The largest absolute Gasteiger partial charge is 0.497 e. The molecule has 7 heteroatoms. The Balaban J connectivity index is 1.37. The van der Waals surface area contributed by atoms with Gasteiger partial charge in [0.25, 0.3) is 5.91 Å². The molecule has 3 rings (SSSR count). The number of carbonyl (C=O) groups excluding carboxylic acids is 2. The fourth-order valence-electron chi connectivity index (χ4n) is 3.39. The summed E-state index contributed by atoms with van der Waals surface area (Å²) in [6.07, 6.45) is 3.48. The predicted octanol–water partition coefficient (Wildman–Crippen LogP) is 2.16. The lowest BCUT2D eigenvalue weighted by Gasteiger charge is -2.32. The summed E-state index contributed by atoms with van der Waals surface area (Å²) < 4.78 is 5.13. The number of nitrogens with zero attached hydrogens (tertiary/aromatic N) is 2. The quantitative estimate of drug-likeness (QED) is 0.701. The Kier molecular flexibility index (Phi) is 7.05. The number of pyridine rings is 1. The molecule has 2 aromatic rings. The minimum atomic E-state index is -0.183. The molecule has 0 bridgehead atoms. The second-order valence-electron chi connectivity index (χ2n) is 7.23. The highest BCUT2D eigenvalue weighted by atomic mass is 16.5. The molecular formula is C22H28N4O3. The highest BCUT2D eigenvalue weighted by Crippen LogP contribution is 2.22. The SMILES string of the molecule is COc1cccc(C(=O)NCCNC(=O)C2CCN(c3ccc(C)cn3)CC2)c1. The van der Waals surface area contributed by atoms with Crippen LogP contribution in [0.25, 0.3) is 0 Å². The number of rotatable bonds is 7. The molecule has 1 fully saturated rings.